The highest BCUT2D eigenvalue weighted by Crippen LogP contribution is 2.37. The monoisotopic (exact) mass is 344 g/mol. The van der Waals surface area contributed by atoms with E-state index in [0.717, 1.165) is 38.8 Å². The molecule has 3 atom stereocenters. The van der Waals surface area contributed by atoms with Crippen molar-refractivity contribution in [1.82, 2.24) is 10.2 Å². The van der Waals surface area contributed by atoms with E-state index in [1.54, 1.807) is 11.8 Å². The van der Waals surface area contributed by atoms with Gasteiger partial charge in [-0.25, -0.2) is 0 Å². The van der Waals surface area contributed by atoms with Crippen LogP contribution in [0.2, 0.25) is 0 Å². The molecule has 2 unspecified atom stereocenters. The van der Waals surface area contributed by atoms with Crippen molar-refractivity contribution in [3.05, 3.63) is 35.4 Å². The maximum atomic E-state index is 12.9. The second-order valence-corrected chi connectivity index (χ2v) is 8.18. The van der Waals surface area contributed by atoms with E-state index in [9.17, 15) is 9.59 Å². The number of ketones is 1. The molecule has 0 aromatic heterocycles. The minimum Gasteiger partial charge on any atom is -0.341 e. The van der Waals surface area contributed by atoms with Gasteiger partial charge in [0.15, 0.2) is 0 Å². The van der Waals surface area contributed by atoms with Gasteiger partial charge in [-0.2, -0.15) is 0 Å². The van der Waals surface area contributed by atoms with Crippen molar-refractivity contribution in [1.29, 1.82) is 0 Å². The van der Waals surface area contributed by atoms with Gasteiger partial charge in [0.05, 0.1) is 5.25 Å². The first kappa shape index (κ1) is 16.2. The summed E-state index contributed by atoms with van der Waals surface area (Å²) >= 11 is 1.60. The summed E-state index contributed by atoms with van der Waals surface area (Å²) in [6.07, 6.45) is 4.87. The highest BCUT2D eigenvalue weighted by Gasteiger charge is 2.41. The lowest BCUT2D eigenvalue weighted by atomic mass is 9.93. The number of aryl methyl sites for hydroxylation is 1. The van der Waals surface area contributed by atoms with Gasteiger partial charge in [-0.1, -0.05) is 24.3 Å². The number of rotatable bonds is 4. The van der Waals surface area contributed by atoms with Crippen LogP contribution in [0.25, 0.3) is 0 Å². The van der Waals surface area contributed by atoms with Crippen molar-refractivity contribution < 1.29 is 9.59 Å². The lowest BCUT2D eigenvalue weighted by Gasteiger charge is -2.24. The molecule has 1 amide bonds. The smallest absolute Gasteiger partial charge is 0.241 e. The summed E-state index contributed by atoms with van der Waals surface area (Å²) in [6, 6.07) is 8.15. The maximum absolute atomic E-state index is 12.9. The van der Waals surface area contributed by atoms with Crippen LogP contribution in [0.5, 0.6) is 0 Å². The van der Waals surface area contributed by atoms with Crippen molar-refractivity contribution in [3.8, 4) is 0 Å². The van der Waals surface area contributed by atoms with Gasteiger partial charge in [-0.05, 0) is 42.7 Å². The zero-order valence-corrected chi connectivity index (χ0v) is 14.7. The van der Waals surface area contributed by atoms with Crippen LogP contribution in [0.3, 0.4) is 0 Å². The number of nitrogens with one attached hydrogen (secondary N) is 1. The summed E-state index contributed by atoms with van der Waals surface area (Å²) in [4.78, 5) is 27.5. The lowest BCUT2D eigenvalue weighted by Crippen LogP contribution is -2.49. The van der Waals surface area contributed by atoms with Crippen molar-refractivity contribution >= 4 is 23.5 Å². The van der Waals surface area contributed by atoms with Crippen LogP contribution in [0.4, 0.5) is 0 Å². The summed E-state index contributed by atoms with van der Waals surface area (Å²) in [5, 5.41) is 3.04. The van der Waals surface area contributed by atoms with E-state index in [0.29, 0.717) is 18.2 Å². The second-order valence-electron chi connectivity index (χ2n) is 7.05. The molecule has 0 radical (unpaired) electrons. The second kappa shape index (κ2) is 6.89. The molecule has 0 saturated carbocycles. The number of hydrogen-bond acceptors (Lipinski definition) is 4. The highest BCUT2D eigenvalue weighted by atomic mass is 32.2. The van der Waals surface area contributed by atoms with Crippen LogP contribution in [0.1, 0.15) is 42.7 Å². The Bertz CT molecular complexity index is 642. The van der Waals surface area contributed by atoms with Crippen LogP contribution in [-0.2, 0) is 16.0 Å². The van der Waals surface area contributed by atoms with Gasteiger partial charge in [0.25, 0.3) is 0 Å². The first-order valence-corrected chi connectivity index (χ1v) is 10.0. The van der Waals surface area contributed by atoms with Crippen LogP contribution in [-0.4, -0.2) is 46.8 Å². The molecule has 2 fully saturated rings. The van der Waals surface area contributed by atoms with Crippen LogP contribution < -0.4 is 5.32 Å². The molecular formula is C19H24N2O2S. The third-order valence-electron chi connectivity index (χ3n) is 5.57. The van der Waals surface area contributed by atoms with Gasteiger partial charge in [0.1, 0.15) is 11.8 Å². The van der Waals surface area contributed by atoms with Crippen LogP contribution >= 0.6 is 11.8 Å². The fraction of sp³-hybridized carbons (Fsp3) is 0.579. The summed E-state index contributed by atoms with van der Waals surface area (Å²) in [5.41, 5.74) is 2.72. The molecular weight excluding hydrogens is 320 g/mol. The van der Waals surface area contributed by atoms with E-state index in [-0.39, 0.29) is 23.0 Å². The van der Waals surface area contributed by atoms with Crippen molar-refractivity contribution in [2.75, 3.05) is 19.0 Å². The molecule has 24 heavy (non-hydrogen) atoms. The Labute approximate surface area is 147 Å². The number of likely N-dealkylation sites (tertiary alicyclic amines) is 1. The van der Waals surface area contributed by atoms with E-state index in [1.807, 2.05) is 4.90 Å². The molecule has 0 spiro atoms. The quantitative estimate of drug-likeness (QED) is 0.911. The summed E-state index contributed by atoms with van der Waals surface area (Å²) in [6.45, 7) is 1.69. The SMILES string of the molecule is O=C(CC1CCc2ccccc21)C1SCN[C@@H]1C(=O)N1CCCC1. The standard InChI is InChI=1S/C19H24N2O2S/c22-16(11-14-8-7-13-5-1-2-6-15(13)14)18-17(20-12-24-18)19(23)21-9-3-4-10-21/h1-2,5-6,14,17-18,20H,3-4,7-12H2/t14?,17-,18?/m0/s1. The molecule has 128 valence electrons. The third kappa shape index (κ3) is 3.00. The average molecular weight is 344 g/mol. The van der Waals surface area contributed by atoms with Gasteiger partial charge < -0.3 is 4.90 Å². The first-order valence-electron chi connectivity index (χ1n) is 8.98. The Kier molecular flexibility index (Phi) is 4.63. The molecule has 1 aromatic carbocycles. The number of thioether (sulfide) groups is 1. The van der Waals surface area contributed by atoms with Gasteiger partial charge in [-0.3, -0.25) is 14.9 Å². The molecule has 2 saturated heterocycles. The van der Waals surface area contributed by atoms with Crippen LogP contribution in [0.15, 0.2) is 24.3 Å². The molecule has 3 aliphatic rings. The van der Waals surface area contributed by atoms with E-state index < -0.39 is 0 Å². The third-order valence-corrected chi connectivity index (χ3v) is 6.80. The molecule has 1 N–H and O–H groups in total. The van der Waals surface area contributed by atoms with Gasteiger partial charge >= 0.3 is 0 Å². The zero-order chi connectivity index (χ0) is 16.5. The minimum atomic E-state index is -0.322. The maximum Gasteiger partial charge on any atom is 0.241 e. The largest absolute Gasteiger partial charge is 0.341 e. The van der Waals surface area contributed by atoms with Gasteiger partial charge in [-0.15, -0.1) is 11.8 Å². The van der Waals surface area contributed by atoms with E-state index in [4.69, 9.17) is 0 Å². The summed E-state index contributed by atoms with van der Waals surface area (Å²) in [7, 11) is 0. The summed E-state index contributed by atoms with van der Waals surface area (Å²) in [5.74, 6) is 1.39. The number of amides is 1. The molecule has 1 aliphatic carbocycles. The predicted octanol–water partition coefficient (Wildman–Crippen LogP) is 2.33. The number of Topliss-reactive ketones (excluding diaryl/α,β-unsaturated/α-hetero) is 1. The molecule has 0 bridgehead atoms. The molecule has 5 heteroatoms. The van der Waals surface area contributed by atoms with Crippen molar-refractivity contribution in [2.24, 2.45) is 0 Å². The van der Waals surface area contributed by atoms with Crippen LogP contribution in [0, 0.1) is 0 Å². The van der Waals surface area contributed by atoms with E-state index >= 15 is 0 Å². The fourth-order valence-corrected chi connectivity index (χ4v) is 5.42. The Hall–Kier alpha value is -1.33. The molecule has 4 rings (SSSR count). The fourth-order valence-electron chi connectivity index (χ4n) is 4.28. The Balaban J connectivity index is 1.43. The predicted molar refractivity (Wildman–Crippen MR) is 96.1 cm³/mol. The molecule has 4 nitrogen and oxygen atoms in total. The first-order chi connectivity index (χ1) is 11.7. The van der Waals surface area contributed by atoms with Crippen molar-refractivity contribution in [2.45, 2.75) is 49.3 Å². The minimum absolute atomic E-state index is 0.127. The number of carbonyl (C=O) groups excluding carboxylic acids is 2. The molecule has 2 aliphatic heterocycles. The highest BCUT2D eigenvalue weighted by molar-refractivity contribution is 8.00. The lowest BCUT2D eigenvalue weighted by molar-refractivity contribution is -0.134. The normalized spacial score (nSPS) is 29.0. The summed E-state index contributed by atoms with van der Waals surface area (Å²) < 4.78 is 0. The Morgan fingerprint density at radius 1 is 1.21 bits per heavy atom. The van der Waals surface area contributed by atoms with E-state index in [2.05, 4.69) is 29.6 Å². The number of benzene rings is 1. The zero-order valence-electron chi connectivity index (χ0n) is 13.9. The molecule has 1 aromatic rings. The molecule has 2 heterocycles. The van der Waals surface area contributed by atoms with E-state index in [1.165, 1.54) is 11.1 Å². The van der Waals surface area contributed by atoms with Crippen molar-refractivity contribution in [3.63, 3.8) is 0 Å². The number of hydrogen-bond donors (Lipinski definition) is 1. The Morgan fingerprint density at radius 3 is 2.83 bits per heavy atom. The number of fused-ring (bicyclic) bond motifs is 1. The topological polar surface area (TPSA) is 49.4 Å². The van der Waals surface area contributed by atoms with Gasteiger partial charge in [0.2, 0.25) is 5.91 Å². The number of carbonyl (C=O) groups is 2. The Morgan fingerprint density at radius 2 is 2.00 bits per heavy atom. The average Bonchev–Trinajstić information content (AvgIpc) is 3.35. The van der Waals surface area contributed by atoms with Gasteiger partial charge in [0, 0.05) is 25.4 Å². The number of nitrogens with zero attached hydrogens (tertiary/aromatic N) is 1.